The summed E-state index contributed by atoms with van der Waals surface area (Å²) in [5.74, 6) is 0.567. The van der Waals surface area contributed by atoms with E-state index >= 15 is 0 Å². The molecule has 3 rings (SSSR count). The van der Waals surface area contributed by atoms with E-state index in [1.807, 2.05) is 24.4 Å². The summed E-state index contributed by atoms with van der Waals surface area (Å²) in [6, 6.07) is 18.7. The Morgan fingerprint density at radius 2 is 1.88 bits per heavy atom. The highest BCUT2D eigenvalue weighted by Crippen LogP contribution is 2.07. The van der Waals surface area contributed by atoms with Crippen molar-refractivity contribution >= 4 is 24.3 Å². The molecule has 4 heteroatoms. The summed E-state index contributed by atoms with van der Waals surface area (Å²) in [6.07, 6.45) is 5.86. The zero-order valence-corrected chi connectivity index (χ0v) is 15.1. The predicted molar refractivity (Wildman–Crippen MR) is 106 cm³/mol. The minimum atomic E-state index is 0.567. The van der Waals surface area contributed by atoms with Gasteiger partial charge in [0, 0.05) is 16.9 Å². The van der Waals surface area contributed by atoms with Gasteiger partial charge in [0.15, 0.2) is 7.28 Å². The Morgan fingerprint density at radius 1 is 1.08 bits per heavy atom. The third-order valence-corrected chi connectivity index (χ3v) is 4.04. The van der Waals surface area contributed by atoms with Crippen LogP contribution in [0.5, 0.6) is 0 Å². The van der Waals surface area contributed by atoms with E-state index < -0.39 is 0 Å². The number of aromatic amines is 1. The lowest BCUT2D eigenvalue weighted by Crippen LogP contribution is -2.13. The maximum Gasteiger partial charge on any atom is 0.158 e. The van der Waals surface area contributed by atoms with Crippen LogP contribution in [0.25, 0.3) is 0 Å². The molecule has 2 aromatic carbocycles. The van der Waals surface area contributed by atoms with Gasteiger partial charge in [0.1, 0.15) is 0 Å². The number of benzene rings is 2. The lowest BCUT2D eigenvalue weighted by atomic mass is 9.66. The van der Waals surface area contributed by atoms with Crippen LogP contribution >= 0.6 is 11.6 Å². The summed E-state index contributed by atoms with van der Waals surface area (Å²) in [6.45, 7) is 4.26. The van der Waals surface area contributed by atoms with Gasteiger partial charge < -0.3 is 4.98 Å². The van der Waals surface area contributed by atoms with Gasteiger partial charge in [0.05, 0.1) is 6.33 Å². The SMILES string of the molecule is CC(C)c1cnc[nH]1.Clc1cccc(BCCc2ccccc2)c1. The smallest absolute Gasteiger partial charge is 0.158 e. The van der Waals surface area contributed by atoms with Gasteiger partial charge in [-0.15, -0.1) is 0 Å². The van der Waals surface area contributed by atoms with Crippen molar-refractivity contribution in [3.8, 4) is 0 Å². The fourth-order valence-corrected chi connectivity index (χ4v) is 2.63. The molecule has 0 fully saturated rings. The van der Waals surface area contributed by atoms with Gasteiger partial charge in [-0.25, -0.2) is 4.98 Å². The van der Waals surface area contributed by atoms with Gasteiger partial charge in [-0.05, 0) is 30.0 Å². The third-order valence-electron chi connectivity index (χ3n) is 3.80. The molecule has 2 nitrogen and oxygen atoms in total. The first-order valence-electron chi connectivity index (χ1n) is 8.42. The summed E-state index contributed by atoms with van der Waals surface area (Å²) >= 11 is 5.94. The number of aryl methyl sites for hydroxylation is 1. The summed E-state index contributed by atoms with van der Waals surface area (Å²) in [7, 11) is 1.09. The topological polar surface area (TPSA) is 28.7 Å². The second kappa shape index (κ2) is 9.99. The Hall–Kier alpha value is -2.00. The number of hydrogen-bond acceptors (Lipinski definition) is 1. The standard InChI is InChI=1S/C14H14BCl.C6H10N2/c16-14-8-4-7-13(11-14)15-10-9-12-5-2-1-3-6-12;1-5(2)6-3-7-4-8-6/h1-8,11,15H,9-10H2;3-5H,1-2H3,(H,7,8). The molecule has 0 radical (unpaired) electrons. The molecule has 1 N–H and O–H groups in total. The van der Waals surface area contributed by atoms with Gasteiger partial charge in [0.2, 0.25) is 0 Å². The predicted octanol–water partition coefficient (Wildman–Crippen LogP) is 4.60. The molecular weight excluding hydrogens is 314 g/mol. The van der Waals surface area contributed by atoms with Crippen molar-refractivity contribution in [2.45, 2.75) is 32.5 Å². The van der Waals surface area contributed by atoms with E-state index in [1.165, 1.54) is 23.0 Å². The molecule has 0 saturated carbocycles. The van der Waals surface area contributed by atoms with Crippen molar-refractivity contribution < 1.29 is 0 Å². The summed E-state index contributed by atoms with van der Waals surface area (Å²) in [5.41, 5.74) is 3.93. The van der Waals surface area contributed by atoms with Crippen LogP contribution in [0.15, 0.2) is 67.1 Å². The first-order valence-corrected chi connectivity index (χ1v) is 8.79. The van der Waals surface area contributed by atoms with Gasteiger partial charge in [-0.3, -0.25) is 0 Å². The highest BCUT2D eigenvalue weighted by molar-refractivity contribution is 6.53. The Morgan fingerprint density at radius 3 is 2.46 bits per heavy atom. The number of imidazole rings is 1. The third kappa shape index (κ3) is 6.63. The average molecular weight is 339 g/mol. The van der Waals surface area contributed by atoms with E-state index in [0.29, 0.717) is 5.92 Å². The van der Waals surface area contributed by atoms with Crippen LogP contribution in [0.1, 0.15) is 31.0 Å². The van der Waals surface area contributed by atoms with Crippen LogP contribution in [-0.2, 0) is 6.42 Å². The minimum absolute atomic E-state index is 0.567. The van der Waals surface area contributed by atoms with Crippen molar-refractivity contribution in [2.24, 2.45) is 0 Å². The number of aromatic nitrogens is 2. The molecule has 124 valence electrons. The van der Waals surface area contributed by atoms with Crippen LogP contribution in [0, 0.1) is 0 Å². The zero-order chi connectivity index (χ0) is 17.2. The van der Waals surface area contributed by atoms with Gasteiger partial charge in [-0.1, -0.05) is 79.7 Å². The quantitative estimate of drug-likeness (QED) is 0.677. The molecule has 0 spiro atoms. The van der Waals surface area contributed by atoms with Crippen molar-refractivity contribution in [2.75, 3.05) is 0 Å². The van der Waals surface area contributed by atoms with E-state index in [-0.39, 0.29) is 0 Å². The number of hydrogen-bond donors (Lipinski definition) is 1. The molecule has 0 aliphatic rings. The van der Waals surface area contributed by atoms with E-state index in [1.54, 1.807) is 6.33 Å². The van der Waals surface area contributed by atoms with Gasteiger partial charge in [0.25, 0.3) is 0 Å². The fourth-order valence-electron chi connectivity index (χ4n) is 2.42. The molecule has 0 unspecified atom stereocenters. The molecule has 0 atom stereocenters. The molecule has 3 aromatic rings. The van der Waals surface area contributed by atoms with Crippen LogP contribution < -0.4 is 5.46 Å². The fraction of sp³-hybridized carbons (Fsp3) is 0.250. The van der Waals surface area contributed by atoms with E-state index in [9.17, 15) is 0 Å². The molecule has 0 aliphatic heterocycles. The number of H-pyrrole nitrogens is 1. The average Bonchev–Trinajstić information content (AvgIpc) is 3.11. The Balaban J connectivity index is 0.000000219. The molecule has 0 amide bonds. The Bertz CT molecular complexity index is 697. The largest absolute Gasteiger partial charge is 0.348 e. The van der Waals surface area contributed by atoms with Crippen molar-refractivity contribution in [1.82, 2.24) is 9.97 Å². The molecule has 0 saturated heterocycles. The molecule has 0 aliphatic carbocycles. The molecular formula is C20H24BClN2. The first-order chi connectivity index (χ1) is 11.6. The van der Waals surface area contributed by atoms with Crippen molar-refractivity contribution in [1.29, 1.82) is 0 Å². The van der Waals surface area contributed by atoms with E-state index in [0.717, 1.165) is 18.7 Å². The first kappa shape index (κ1) is 18.3. The van der Waals surface area contributed by atoms with Gasteiger partial charge in [-0.2, -0.15) is 0 Å². The number of nitrogens with zero attached hydrogens (tertiary/aromatic N) is 1. The van der Waals surface area contributed by atoms with Crippen LogP contribution in [0.4, 0.5) is 0 Å². The minimum Gasteiger partial charge on any atom is -0.348 e. The lowest BCUT2D eigenvalue weighted by molar-refractivity contribution is 0.832. The Kier molecular flexibility index (Phi) is 7.64. The highest BCUT2D eigenvalue weighted by atomic mass is 35.5. The summed E-state index contributed by atoms with van der Waals surface area (Å²) < 4.78 is 0. The van der Waals surface area contributed by atoms with Crippen molar-refractivity contribution in [3.63, 3.8) is 0 Å². The Labute approximate surface area is 150 Å². The lowest BCUT2D eigenvalue weighted by Gasteiger charge is -2.01. The van der Waals surface area contributed by atoms with Gasteiger partial charge >= 0.3 is 0 Å². The second-order valence-corrected chi connectivity index (χ2v) is 6.57. The molecule has 24 heavy (non-hydrogen) atoms. The molecule has 1 heterocycles. The second-order valence-electron chi connectivity index (χ2n) is 6.13. The molecule has 1 aromatic heterocycles. The maximum absolute atomic E-state index is 5.94. The van der Waals surface area contributed by atoms with E-state index in [2.05, 4.69) is 60.2 Å². The van der Waals surface area contributed by atoms with Crippen molar-refractivity contribution in [3.05, 3.63) is 83.4 Å². The summed E-state index contributed by atoms with van der Waals surface area (Å²) in [4.78, 5) is 6.91. The summed E-state index contributed by atoms with van der Waals surface area (Å²) in [5, 5.41) is 0.831. The van der Waals surface area contributed by atoms with Crippen LogP contribution in [-0.4, -0.2) is 17.2 Å². The number of halogens is 1. The number of nitrogens with one attached hydrogen (secondary N) is 1. The van der Waals surface area contributed by atoms with Crippen LogP contribution in [0.2, 0.25) is 11.3 Å². The normalized spacial score (nSPS) is 10.2. The maximum atomic E-state index is 5.94. The zero-order valence-electron chi connectivity index (χ0n) is 14.4. The van der Waals surface area contributed by atoms with E-state index in [4.69, 9.17) is 11.6 Å². The monoisotopic (exact) mass is 338 g/mol. The number of rotatable bonds is 5. The van der Waals surface area contributed by atoms with Crippen LogP contribution in [0.3, 0.4) is 0 Å². The molecule has 0 bridgehead atoms. The highest BCUT2D eigenvalue weighted by Gasteiger charge is 1.98.